The van der Waals surface area contributed by atoms with E-state index in [-0.39, 0.29) is 31.6 Å². The van der Waals surface area contributed by atoms with E-state index in [1.54, 1.807) is 31.3 Å². The first-order valence-corrected chi connectivity index (χ1v) is 10.5. The minimum Gasteiger partial charge on any atom is -0.481 e. The fourth-order valence-corrected chi connectivity index (χ4v) is 4.36. The molecule has 0 radical (unpaired) electrons. The number of likely N-dealkylation sites (N-methyl/N-ethyl adjacent to an activating group) is 1. The summed E-state index contributed by atoms with van der Waals surface area (Å²) < 4.78 is 5.80. The first-order valence-electron chi connectivity index (χ1n) is 10.5. The highest BCUT2D eigenvalue weighted by molar-refractivity contribution is 6.09. The summed E-state index contributed by atoms with van der Waals surface area (Å²) in [4.78, 5) is 33.9. The van der Waals surface area contributed by atoms with Gasteiger partial charge in [0.2, 0.25) is 0 Å². The topological polar surface area (TPSA) is 115 Å². The number of likely N-dealkylation sites (tertiary alicyclic amines) is 1. The number of benzene rings is 2. The van der Waals surface area contributed by atoms with Crippen molar-refractivity contribution < 1.29 is 24.3 Å². The van der Waals surface area contributed by atoms with E-state index < -0.39 is 6.04 Å². The third kappa shape index (κ3) is 3.79. The quantitative estimate of drug-likeness (QED) is 0.717. The van der Waals surface area contributed by atoms with Crippen LogP contribution in [0.25, 0.3) is 11.1 Å². The van der Waals surface area contributed by atoms with E-state index in [4.69, 9.17) is 9.57 Å². The lowest BCUT2D eigenvalue weighted by Gasteiger charge is -2.31. The van der Waals surface area contributed by atoms with E-state index >= 15 is 0 Å². The van der Waals surface area contributed by atoms with Crippen molar-refractivity contribution in [3.63, 3.8) is 0 Å². The summed E-state index contributed by atoms with van der Waals surface area (Å²) in [5.41, 5.74) is 4.19. The van der Waals surface area contributed by atoms with E-state index in [2.05, 4.69) is 11.2 Å². The second kappa shape index (κ2) is 8.92. The van der Waals surface area contributed by atoms with Gasteiger partial charge in [0.1, 0.15) is 7.11 Å². The van der Waals surface area contributed by atoms with Gasteiger partial charge in [0.05, 0.1) is 47.8 Å². The molecule has 0 aromatic heterocycles. The van der Waals surface area contributed by atoms with Crippen molar-refractivity contribution in [3.05, 3.63) is 47.0 Å². The molecular weight excluding hydrogens is 424 g/mol. The molecule has 1 saturated heterocycles. The Morgan fingerprint density at radius 3 is 2.82 bits per heavy atom. The molecule has 0 unspecified atom stereocenters. The molecule has 2 aliphatic heterocycles. The molecule has 1 N–H and O–H groups in total. The molecule has 0 bridgehead atoms. The number of fused-ring (bicyclic) bond motifs is 1. The summed E-state index contributed by atoms with van der Waals surface area (Å²) in [6.45, 7) is 1.67. The maximum Gasteiger partial charge on any atom is 0.264 e. The van der Waals surface area contributed by atoms with Gasteiger partial charge in [0, 0.05) is 19.0 Å². The Morgan fingerprint density at radius 2 is 2.12 bits per heavy atom. The van der Waals surface area contributed by atoms with Gasteiger partial charge >= 0.3 is 0 Å². The van der Waals surface area contributed by atoms with Gasteiger partial charge in [-0.3, -0.25) is 9.59 Å². The normalized spacial score (nSPS) is 18.7. The highest BCUT2D eigenvalue weighted by Gasteiger charge is 2.37. The first kappa shape index (κ1) is 22.3. The molecule has 0 saturated carbocycles. The summed E-state index contributed by atoms with van der Waals surface area (Å²) in [6.07, 6.45) is 0.412. The number of rotatable bonds is 4. The Hall–Kier alpha value is -3.90. The zero-order chi connectivity index (χ0) is 23.7. The van der Waals surface area contributed by atoms with Crippen LogP contribution in [0.5, 0.6) is 5.75 Å². The molecule has 2 aromatic rings. The predicted molar refractivity (Wildman–Crippen MR) is 121 cm³/mol. The minimum absolute atomic E-state index is 0.190. The molecule has 2 heterocycles. The number of hydrogen-bond acceptors (Lipinski definition) is 7. The Bertz CT molecular complexity index is 1200. The van der Waals surface area contributed by atoms with Crippen LogP contribution in [0.3, 0.4) is 0 Å². The van der Waals surface area contributed by atoms with Gasteiger partial charge < -0.3 is 24.5 Å². The number of hydrogen-bond donors (Lipinski definition) is 1. The van der Waals surface area contributed by atoms with Gasteiger partial charge in [-0.2, -0.15) is 5.26 Å². The van der Waals surface area contributed by atoms with Crippen molar-refractivity contribution in [2.75, 3.05) is 38.8 Å². The standard InChI is InChI=1S/C24H24N4O5/c1-14-15(10-25)5-4-6-18(14)19-7-8-20(23-22(19)27(2)21(30)13-33-23)24(31)28-11-16(26-32-3)9-17(28)12-29/h4-8,17,29H,9,11-13H2,1-3H3/b26-16+/t17-/m0/s1. The van der Waals surface area contributed by atoms with E-state index in [0.29, 0.717) is 40.3 Å². The number of nitrogens with zero attached hydrogens (tertiary/aromatic N) is 4. The van der Waals surface area contributed by atoms with Crippen molar-refractivity contribution >= 4 is 23.2 Å². The van der Waals surface area contributed by atoms with Gasteiger partial charge in [-0.15, -0.1) is 0 Å². The summed E-state index contributed by atoms with van der Waals surface area (Å²) in [7, 11) is 3.07. The molecule has 4 rings (SSSR count). The van der Waals surface area contributed by atoms with Crippen LogP contribution in [0.2, 0.25) is 0 Å². The number of carbonyl (C=O) groups is 2. The molecule has 0 spiro atoms. The van der Waals surface area contributed by atoms with Gasteiger partial charge in [0.25, 0.3) is 11.8 Å². The number of carbonyl (C=O) groups excluding carboxylic acids is 2. The Balaban J connectivity index is 1.85. The van der Waals surface area contributed by atoms with Crippen LogP contribution < -0.4 is 9.64 Å². The molecule has 2 aliphatic rings. The Labute approximate surface area is 191 Å². The lowest BCUT2D eigenvalue weighted by Crippen LogP contribution is -2.40. The van der Waals surface area contributed by atoms with E-state index in [9.17, 15) is 20.0 Å². The van der Waals surface area contributed by atoms with Crippen molar-refractivity contribution in [1.82, 2.24) is 4.90 Å². The number of ether oxygens (including phenoxy) is 1. The van der Waals surface area contributed by atoms with Crippen LogP contribution in [0.15, 0.2) is 35.5 Å². The molecule has 9 heteroatoms. The van der Waals surface area contributed by atoms with Crippen LogP contribution in [0.4, 0.5) is 5.69 Å². The van der Waals surface area contributed by atoms with Crippen LogP contribution in [0, 0.1) is 18.3 Å². The van der Waals surface area contributed by atoms with Gasteiger partial charge in [-0.05, 0) is 30.2 Å². The molecule has 2 aromatic carbocycles. The van der Waals surface area contributed by atoms with Gasteiger partial charge in [0.15, 0.2) is 12.4 Å². The van der Waals surface area contributed by atoms with Crippen molar-refractivity contribution in [1.29, 1.82) is 5.26 Å². The largest absolute Gasteiger partial charge is 0.481 e. The second-order valence-corrected chi connectivity index (χ2v) is 7.98. The number of anilines is 1. The zero-order valence-corrected chi connectivity index (χ0v) is 18.7. The highest BCUT2D eigenvalue weighted by atomic mass is 16.6. The number of nitriles is 1. The molecule has 1 fully saturated rings. The molecule has 33 heavy (non-hydrogen) atoms. The highest BCUT2D eigenvalue weighted by Crippen LogP contribution is 2.44. The third-order valence-electron chi connectivity index (χ3n) is 6.11. The van der Waals surface area contributed by atoms with Crippen LogP contribution >= 0.6 is 0 Å². The number of aliphatic hydroxyl groups excluding tert-OH is 1. The molecule has 1 atom stereocenters. The van der Waals surface area contributed by atoms with Gasteiger partial charge in [-0.25, -0.2) is 0 Å². The average Bonchev–Trinajstić information content (AvgIpc) is 3.24. The SMILES string of the molecule is CO/N=C1\C[C@@H](CO)N(C(=O)c2ccc(-c3cccc(C#N)c3C)c3c2OCC(=O)N3C)C1. The number of oxime groups is 1. The number of aliphatic hydroxyl groups is 1. The van der Waals surface area contributed by atoms with E-state index in [0.717, 1.165) is 11.1 Å². The van der Waals surface area contributed by atoms with Gasteiger partial charge in [-0.1, -0.05) is 23.4 Å². The Kier molecular flexibility index (Phi) is 6.03. The first-order chi connectivity index (χ1) is 15.9. The predicted octanol–water partition coefficient (Wildman–Crippen LogP) is 2.10. The van der Waals surface area contributed by atoms with Crippen LogP contribution in [0.1, 0.15) is 27.9 Å². The molecule has 0 aliphatic carbocycles. The number of amides is 2. The zero-order valence-electron chi connectivity index (χ0n) is 18.7. The third-order valence-corrected chi connectivity index (χ3v) is 6.11. The van der Waals surface area contributed by atoms with E-state index in [1.165, 1.54) is 16.9 Å². The lowest BCUT2D eigenvalue weighted by molar-refractivity contribution is -0.121. The Morgan fingerprint density at radius 1 is 1.33 bits per heavy atom. The van der Waals surface area contributed by atoms with Crippen molar-refractivity contribution in [2.24, 2.45) is 5.16 Å². The fraction of sp³-hybridized carbons (Fsp3) is 0.333. The van der Waals surface area contributed by atoms with Crippen molar-refractivity contribution in [2.45, 2.75) is 19.4 Å². The monoisotopic (exact) mass is 448 g/mol. The lowest BCUT2D eigenvalue weighted by atomic mass is 9.93. The summed E-state index contributed by atoms with van der Waals surface area (Å²) in [6, 6.07) is 10.6. The van der Waals surface area contributed by atoms with Crippen LogP contribution in [-0.2, 0) is 9.63 Å². The van der Waals surface area contributed by atoms with Crippen LogP contribution in [-0.4, -0.2) is 67.5 Å². The minimum atomic E-state index is -0.431. The summed E-state index contributed by atoms with van der Waals surface area (Å²) in [5, 5.41) is 23.2. The fourth-order valence-electron chi connectivity index (χ4n) is 4.36. The molecule has 2 amide bonds. The average molecular weight is 448 g/mol. The van der Waals surface area contributed by atoms with Crippen molar-refractivity contribution in [3.8, 4) is 22.9 Å². The summed E-state index contributed by atoms with van der Waals surface area (Å²) >= 11 is 0. The second-order valence-electron chi connectivity index (χ2n) is 7.98. The van der Waals surface area contributed by atoms with E-state index in [1.807, 2.05) is 13.0 Å². The maximum atomic E-state index is 13.5. The molecule has 9 nitrogen and oxygen atoms in total. The summed E-state index contributed by atoms with van der Waals surface area (Å²) in [5.74, 6) is -0.273. The smallest absolute Gasteiger partial charge is 0.264 e. The molecular formula is C24H24N4O5. The maximum absolute atomic E-state index is 13.5. The molecule has 170 valence electrons.